The fraction of sp³-hybridized carbons (Fsp3) is 0.444. The Labute approximate surface area is 154 Å². The Hall–Kier alpha value is -3.10. The number of rotatable bonds is 6. The summed E-state index contributed by atoms with van der Waals surface area (Å²) < 4.78 is 13.6. The van der Waals surface area contributed by atoms with E-state index in [1.54, 1.807) is 27.0 Å². The molecule has 0 aliphatic carbocycles. The third kappa shape index (κ3) is 3.44. The van der Waals surface area contributed by atoms with Crippen molar-refractivity contribution in [3.8, 4) is 0 Å². The Morgan fingerprint density at radius 1 is 1.33 bits per heavy atom. The van der Waals surface area contributed by atoms with Gasteiger partial charge in [-0.3, -0.25) is 14.3 Å². The van der Waals surface area contributed by atoms with Crippen molar-refractivity contribution in [3.63, 3.8) is 0 Å². The van der Waals surface area contributed by atoms with Crippen LogP contribution in [0.2, 0.25) is 0 Å². The minimum atomic E-state index is -0.534. The molecule has 0 spiro atoms. The fourth-order valence-corrected chi connectivity index (χ4v) is 2.99. The molecule has 0 bridgehead atoms. The minimum Gasteiger partial charge on any atom is -0.466 e. The molecule has 0 aromatic carbocycles. The zero-order valence-electron chi connectivity index (χ0n) is 15.8. The third-order valence-electron chi connectivity index (χ3n) is 4.43. The van der Waals surface area contributed by atoms with E-state index in [0.717, 1.165) is 12.8 Å². The summed E-state index contributed by atoms with van der Waals surface area (Å²) in [5.41, 5.74) is -0.0964. The zero-order chi connectivity index (χ0) is 19.7. The monoisotopic (exact) mass is 374 g/mol. The lowest BCUT2D eigenvalue weighted by Crippen LogP contribution is -2.31. The number of carbonyl (C=O) groups is 1. The minimum absolute atomic E-state index is 0.130. The van der Waals surface area contributed by atoms with Crippen LogP contribution in [-0.4, -0.2) is 25.1 Å². The number of esters is 1. The number of nitrogens with one attached hydrogen (secondary N) is 1. The maximum atomic E-state index is 12.3. The van der Waals surface area contributed by atoms with Crippen LogP contribution < -0.4 is 11.2 Å². The zero-order valence-corrected chi connectivity index (χ0v) is 15.8. The normalized spacial score (nSPS) is 11.3. The SMILES string of the molecule is CCCCn1c(=O)[nH]c(=O)c2c1nc(COC(=O)c1cc(C)oc1C)n2C. The van der Waals surface area contributed by atoms with E-state index in [4.69, 9.17) is 9.15 Å². The molecule has 0 aliphatic heterocycles. The van der Waals surface area contributed by atoms with Gasteiger partial charge in [0.2, 0.25) is 0 Å². The Morgan fingerprint density at radius 2 is 2.07 bits per heavy atom. The van der Waals surface area contributed by atoms with E-state index < -0.39 is 17.2 Å². The van der Waals surface area contributed by atoms with Crippen LogP contribution in [0.25, 0.3) is 11.2 Å². The Morgan fingerprint density at radius 3 is 2.70 bits per heavy atom. The van der Waals surface area contributed by atoms with Gasteiger partial charge in [0.25, 0.3) is 5.56 Å². The maximum Gasteiger partial charge on any atom is 0.342 e. The van der Waals surface area contributed by atoms with Gasteiger partial charge in [-0.2, -0.15) is 0 Å². The summed E-state index contributed by atoms with van der Waals surface area (Å²) in [4.78, 5) is 43.3. The molecule has 1 N–H and O–H groups in total. The summed E-state index contributed by atoms with van der Waals surface area (Å²) in [6.07, 6.45) is 1.68. The van der Waals surface area contributed by atoms with E-state index in [1.807, 2.05) is 6.92 Å². The quantitative estimate of drug-likeness (QED) is 0.658. The van der Waals surface area contributed by atoms with Gasteiger partial charge in [0.1, 0.15) is 29.5 Å². The Kier molecular flexibility index (Phi) is 5.02. The van der Waals surface area contributed by atoms with Gasteiger partial charge in [-0.1, -0.05) is 13.3 Å². The lowest BCUT2D eigenvalue weighted by Gasteiger charge is -2.04. The Balaban J connectivity index is 1.93. The number of aromatic nitrogens is 4. The van der Waals surface area contributed by atoms with Gasteiger partial charge in [-0.05, 0) is 26.3 Å². The highest BCUT2D eigenvalue weighted by atomic mass is 16.5. The van der Waals surface area contributed by atoms with Crippen LogP contribution in [0, 0.1) is 13.8 Å². The molecule has 27 heavy (non-hydrogen) atoms. The molecule has 9 heteroatoms. The molecule has 3 aromatic heterocycles. The van der Waals surface area contributed by atoms with Crippen LogP contribution in [0.1, 0.15) is 47.5 Å². The predicted molar refractivity (Wildman–Crippen MR) is 97.8 cm³/mol. The van der Waals surface area contributed by atoms with Crippen molar-refractivity contribution >= 4 is 17.1 Å². The van der Waals surface area contributed by atoms with E-state index in [2.05, 4.69) is 9.97 Å². The number of aromatic amines is 1. The average molecular weight is 374 g/mol. The standard InChI is InChI=1S/C18H22N4O5/c1-5-6-7-22-15-14(16(23)20-18(22)25)21(4)13(19-15)9-26-17(24)12-8-10(2)27-11(12)3/h8H,5-7,9H2,1-4H3,(H,20,23,25). The molecule has 0 saturated heterocycles. The first kappa shape index (κ1) is 18.7. The molecular formula is C18H22N4O5. The molecule has 0 radical (unpaired) electrons. The van der Waals surface area contributed by atoms with Gasteiger partial charge < -0.3 is 13.7 Å². The second-order valence-electron chi connectivity index (χ2n) is 6.43. The summed E-state index contributed by atoms with van der Waals surface area (Å²) in [7, 11) is 1.65. The molecule has 0 saturated carbocycles. The van der Waals surface area contributed by atoms with Crippen LogP contribution in [0.5, 0.6) is 0 Å². The predicted octanol–water partition coefficient (Wildman–Crippen LogP) is 1.79. The van der Waals surface area contributed by atoms with Gasteiger partial charge in [-0.25, -0.2) is 14.6 Å². The lowest BCUT2D eigenvalue weighted by atomic mass is 10.2. The fourth-order valence-electron chi connectivity index (χ4n) is 2.99. The van der Waals surface area contributed by atoms with Crippen LogP contribution in [0.15, 0.2) is 20.1 Å². The lowest BCUT2D eigenvalue weighted by molar-refractivity contribution is 0.0457. The first-order valence-corrected chi connectivity index (χ1v) is 8.76. The molecule has 3 aromatic rings. The van der Waals surface area contributed by atoms with Gasteiger partial charge in [0.15, 0.2) is 11.2 Å². The number of hydrogen-bond acceptors (Lipinski definition) is 6. The summed E-state index contributed by atoms with van der Waals surface area (Å²) in [5.74, 6) is 0.937. The number of carbonyl (C=O) groups excluding carboxylic acids is 1. The van der Waals surface area contributed by atoms with Crippen molar-refractivity contribution in [1.82, 2.24) is 19.1 Å². The van der Waals surface area contributed by atoms with Crippen LogP contribution in [0.3, 0.4) is 0 Å². The van der Waals surface area contributed by atoms with Crippen molar-refractivity contribution < 1.29 is 13.9 Å². The van der Waals surface area contributed by atoms with Crippen molar-refractivity contribution in [1.29, 1.82) is 0 Å². The van der Waals surface area contributed by atoms with Crippen molar-refractivity contribution in [3.05, 3.63) is 49.8 Å². The van der Waals surface area contributed by atoms with Crippen molar-refractivity contribution in [2.24, 2.45) is 7.05 Å². The number of H-pyrrole nitrogens is 1. The first-order chi connectivity index (χ1) is 12.8. The highest BCUT2D eigenvalue weighted by Gasteiger charge is 2.19. The van der Waals surface area contributed by atoms with E-state index >= 15 is 0 Å². The van der Waals surface area contributed by atoms with Crippen molar-refractivity contribution in [2.75, 3.05) is 0 Å². The van der Waals surface area contributed by atoms with Gasteiger partial charge >= 0.3 is 11.7 Å². The molecule has 0 amide bonds. The van der Waals surface area contributed by atoms with Crippen LogP contribution in [-0.2, 0) is 24.9 Å². The molecule has 0 atom stereocenters. The van der Waals surface area contributed by atoms with Crippen LogP contribution in [0.4, 0.5) is 0 Å². The number of hydrogen-bond donors (Lipinski definition) is 1. The molecule has 0 aliphatic rings. The summed E-state index contributed by atoms with van der Waals surface area (Å²) in [6.45, 7) is 5.76. The molecule has 0 fully saturated rings. The maximum absolute atomic E-state index is 12.3. The molecule has 3 heterocycles. The Bertz CT molecular complexity index is 1120. The average Bonchev–Trinajstić information content (AvgIpc) is 3.12. The van der Waals surface area contributed by atoms with Crippen LogP contribution >= 0.6 is 0 Å². The number of imidazole rings is 1. The molecule has 0 unspecified atom stereocenters. The number of fused-ring (bicyclic) bond motifs is 1. The number of furan rings is 1. The molecular weight excluding hydrogens is 352 g/mol. The largest absolute Gasteiger partial charge is 0.466 e. The second-order valence-corrected chi connectivity index (χ2v) is 6.43. The summed E-state index contributed by atoms with van der Waals surface area (Å²) >= 11 is 0. The number of ether oxygens (including phenoxy) is 1. The topological polar surface area (TPSA) is 112 Å². The summed E-state index contributed by atoms with van der Waals surface area (Å²) in [6, 6.07) is 1.61. The first-order valence-electron chi connectivity index (χ1n) is 8.76. The highest BCUT2D eigenvalue weighted by molar-refractivity contribution is 5.90. The third-order valence-corrected chi connectivity index (χ3v) is 4.43. The second kappa shape index (κ2) is 7.26. The van der Waals surface area contributed by atoms with Gasteiger partial charge in [-0.15, -0.1) is 0 Å². The summed E-state index contributed by atoms with van der Waals surface area (Å²) in [5, 5.41) is 0. The van der Waals surface area contributed by atoms with E-state index in [0.29, 0.717) is 35.1 Å². The van der Waals surface area contributed by atoms with E-state index in [-0.39, 0.29) is 12.1 Å². The van der Waals surface area contributed by atoms with Gasteiger partial charge in [0.05, 0.1) is 0 Å². The number of unbranched alkanes of at least 4 members (excludes halogenated alkanes) is 1. The smallest absolute Gasteiger partial charge is 0.342 e. The molecule has 9 nitrogen and oxygen atoms in total. The molecule has 3 rings (SSSR count). The highest BCUT2D eigenvalue weighted by Crippen LogP contribution is 2.16. The van der Waals surface area contributed by atoms with E-state index in [9.17, 15) is 14.4 Å². The van der Waals surface area contributed by atoms with Crippen molar-refractivity contribution in [2.45, 2.75) is 46.8 Å². The van der Waals surface area contributed by atoms with E-state index in [1.165, 1.54) is 9.13 Å². The van der Waals surface area contributed by atoms with Gasteiger partial charge in [0, 0.05) is 13.6 Å². The molecule has 144 valence electrons. The number of nitrogens with zero attached hydrogens (tertiary/aromatic N) is 3. The number of aryl methyl sites for hydroxylation is 4.